The maximum atomic E-state index is 12.7. The fourth-order valence-corrected chi connectivity index (χ4v) is 11.2. The van der Waals surface area contributed by atoms with Crippen LogP contribution in [0.4, 0.5) is 5.82 Å². The van der Waals surface area contributed by atoms with Gasteiger partial charge < -0.3 is 74.1 Å². The van der Waals surface area contributed by atoms with Gasteiger partial charge in [-0.1, -0.05) is 142 Å². The summed E-state index contributed by atoms with van der Waals surface area (Å²) >= 11 is 0.992. The number of nitrogens with zero attached hydrogens (tertiary/aromatic N) is 4. The molecule has 414 valence electrons. The number of nitrogen functional groups attached to an aromatic ring is 1. The first-order valence-electron chi connectivity index (χ1n) is 24.6. The number of phosphoric acid groups is 3. The average molecular weight is 1100 g/mol. The molecule has 0 saturated carbocycles. The summed E-state index contributed by atoms with van der Waals surface area (Å²) in [6.45, 7) is 2.26. The van der Waals surface area contributed by atoms with Crippen molar-refractivity contribution in [1.82, 2.24) is 30.2 Å². The zero-order chi connectivity index (χ0) is 53.4. The van der Waals surface area contributed by atoms with Crippen molar-refractivity contribution in [2.75, 3.05) is 37.8 Å². The van der Waals surface area contributed by atoms with Crippen LogP contribution < -0.4 is 35.9 Å². The van der Waals surface area contributed by atoms with Gasteiger partial charge in [0.05, 0.1) is 33.5 Å². The molecule has 2 aromatic rings. The van der Waals surface area contributed by atoms with E-state index < -0.39 is 90.7 Å². The van der Waals surface area contributed by atoms with Gasteiger partial charge in [-0.05, 0) is 6.42 Å². The predicted molar refractivity (Wildman–Crippen MR) is 258 cm³/mol. The van der Waals surface area contributed by atoms with Crippen molar-refractivity contribution in [2.24, 2.45) is 5.41 Å². The average Bonchev–Trinajstić information content (AvgIpc) is 3.86. The van der Waals surface area contributed by atoms with Gasteiger partial charge in [-0.2, -0.15) is 0 Å². The molecule has 0 aromatic carbocycles. The maximum absolute atomic E-state index is 12.7. The summed E-state index contributed by atoms with van der Waals surface area (Å²) < 4.78 is 60.9. The summed E-state index contributed by atoms with van der Waals surface area (Å²) in [5.41, 5.74) is 4.07. The number of fused-ring (bicyclic) bond motifs is 1. The van der Waals surface area contributed by atoms with Crippen molar-refractivity contribution in [3.63, 3.8) is 0 Å². The van der Waals surface area contributed by atoms with Crippen LogP contribution in [0.2, 0.25) is 0 Å². The fraction of sp³-hybridized carbons (Fsp3) is 0.814. The number of rotatable bonds is 39. The van der Waals surface area contributed by atoms with Crippen LogP contribution in [0.3, 0.4) is 0 Å². The summed E-state index contributed by atoms with van der Waals surface area (Å²) in [6.07, 6.45) is 13.7. The van der Waals surface area contributed by atoms with Crippen molar-refractivity contribution in [2.45, 2.75) is 186 Å². The van der Waals surface area contributed by atoms with Gasteiger partial charge in [0.25, 0.3) is 15.6 Å². The molecule has 29 heteroatoms. The third-order valence-corrected chi connectivity index (χ3v) is 15.7. The zero-order valence-corrected chi connectivity index (χ0v) is 44.9. The monoisotopic (exact) mass is 1100 g/mol. The minimum absolute atomic E-state index is 0.0177. The van der Waals surface area contributed by atoms with Crippen molar-refractivity contribution in [3.05, 3.63) is 12.7 Å². The molecule has 3 unspecified atom stereocenters. The van der Waals surface area contributed by atoms with Crippen LogP contribution in [0.5, 0.6) is 0 Å². The minimum atomic E-state index is -5.93. The van der Waals surface area contributed by atoms with Crippen LogP contribution in [-0.4, -0.2) is 114 Å². The predicted octanol–water partition coefficient (Wildman–Crippen LogP) is 2.93. The lowest BCUT2D eigenvalue weighted by Gasteiger charge is -2.36. The van der Waals surface area contributed by atoms with E-state index in [-0.39, 0.29) is 53.8 Å². The topological polar surface area (TPSA) is 395 Å². The molecule has 2 aromatic heterocycles. The van der Waals surface area contributed by atoms with Crippen LogP contribution >= 0.6 is 35.2 Å². The number of aromatic nitrogens is 4. The number of hydrogen-bond acceptors (Lipinski definition) is 23. The van der Waals surface area contributed by atoms with Crippen molar-refractivity contribution < 1.29 is 85.6 Å². The third-order valence-electron chi connectivity index (χ3n) is 11.8. The molecule has 8 atom stereocenters. The highest BCUT2D eigenvalue weighted by Crippen LogP contribution is 2.56. The van der Waals surface area contributed by atoms with Gasteiger partial charge in [0, 0.05) is 37.1 Å². The van der Waals surface area contributed by atoms with E-state index >= 15 is 0 Å². The smallest absolute Gasteiger partial charge is 0.274 e. The lowest BCUT2D eigenvalue weighted by molar-refractivity contribution is -0.347. The summed E-state index contributed by atoms with van der Waals surface area (Å²) in [6, 6.07) is 0. The Labute approximate surface area is 425 Å². The first-order valence-corrected chi connectivity index (χ1v) is 30.0. The number of nitrogens with two attached hydrogens (primary N) is 1. The number of anilines is 1. The highest BCUT2D eigenvalue weighted by molar-refractivity contribution is 8.13. The second kappa shape index (κ2) is 32.2. The Morgan fingerprint density at radius 1 is 0.847 bits per heavy atom. The van der Waals surface area contributed by atoms with Crippen molar-refractivity contribution >= 4 is 69.1 Å². The first kappa shape index (κ1) is 63.8. The van der Waals surface area contributed by atoms with Gasteiger partial charge in [0.2, 0.25) is 11.8 Å². The number of amides is 2. The Hall–Kier alpha value is -2.48. The molecule has 25 nitrogen and oxygen atoms in total. The molecule has 1 fully saturated rings. The quantitative estimate of drug-likeness (QED) is 0.0414. The number of aliphatic hydroxyl groups excluding tert-OH is 3. The number of phosphoric ester groups is 3. The van der Waals surface area contributed by atoms with E-state index in [9.17, 15) is 63.0 Å². The molecular weight excluding hydrogens is 1030 g/mol. The summed E-state index contributed by atoms with van der Waals surface area (Å²) in [5.74, 6) is -1.32. The number of aliphatic hydroxyl groups is 3. The molecule has 2 amide bonds. The third kappa shape index (κ3) is 24.5. The van der Waals surface area contributed by atoms with E-state index in [4.69, 9.17) is 10.5 Å². The zero-order valence-electron chi connectivity index (χ0n) is 41.4. The van der Waals surface area contributed by atoms with Gasteiger partial charge >= 0.3 is 0 Å². The number of thioether (sulfide) groups is 1. The van der Waals surface area contributed by atoms with Crippen LogP contribution in [0.1, 0.15) is 155 Å². The molecule has 0 aliphatic carbocycles. The fourth-order valence-electron chi connectivity index (χ4n) is 7.73. The molecule has 7 N–H and O–H groups in total. The standard InChI is InChI=1S/C43H78N7O18P3S/c1-4-5-6-7-8-9-10-11-12-13-14-15-16-17-18-19-20-21-31(51)26-34(53)72-25-24-45-33(52)22-23-46-41(56)38(55)43(2,3)28-65-71(62,63)68-70(60,61)64-27-32-37(67-69(57,58)59)36(54)42(66-32)50-30-49-35-39(44)47-29-48-40(35)50/h29-32,36-38,42,51,54-55H,4-28H2,1-3H3,(H,45,52)(H,46,56)(H,60,61)(H,62,63)(H2,44,47,48)(H2,57,58,59)/p-4/t31?,32-,36-,37-,38+,42-/m1/s1. The Bertz CT molecular complexity index is 2100. The molecule has 1 aliphatic heterocycles. The SMILES string of the molecule is CCCCCCCCCCCCCCCCCCCC(O)CC(=O)SCCNC(=O)CCNC(=O)[C@H](O)C(C)(C)COP(=O)([O-])OP(=O)([O-])OC[C@H]1O[C@@H](n2cnc3c(N)ncnc32)[C@H](O)[C@@H]1OP(=O)([O-])[O-]. The van der Waals surface area contributed by atoms with Gasteiger partial charge in [-0.3, -0.25) is 28.1 Å². The van der Waals surface area contributed by atoms with Gasteiger partial charge in [-0.15, -0.1) is 0 Å². The molecule has 3 heterocycles. The van der Waals surface area contributed by atoms with Crippen LogP contribution in [0, 0.1) is 5.41 Å². The Kier molecular flexibility index (Phi) is 28.5. The number of nitrogens with one attached hydrogen (secondary N) is 2. The molecule has 0 bridgehead atoms. The van der Waals surface area contributed by atoms with E-state index in [2.05, 4.69) is 50.4 Å². The normalized spacial score (nSPS) is 20.0. The van der Waals surface area contributed by atoms with Crippen molar-refractivity contribution in [3.8, 4) is 0 Å². The van der Waals surface area contributed by atoms with Crippen LogP contribution in [0.25, 0.3) is 11.2 Å². The summed E-state index contributed by atoms with van der Waals surface area (Å²) in [4.78, 5) is 97.1. The molecule has 0 radical (unpaired) electrons. The lowest BCUT2D eigenvalue weighted by Crippen LogP contribution is -2.46. The largest absolute Gasteiger partial charge is 0.790 e. The van der Waals surface area contributed by atoms with Gasteiger partial charge in [0.1, 0.15) is 36.3 Å². The lowest BCUT2D eigenvalue weighted by atomic mass is 9.87. The number of imidazole rings is 1. The highest BCUT2D eigenvalue weighted by atomic mass is 32.2. The highest BCUT2D eigenvalue weighted by Gasteiger charge is 2.47. The van der Waals surface area contributed by atoms with Crippen LogP contribution in [0.15, 0.2) is 12.7 Å². The van der Waals surface area contributed by atoms with Gasteiger partial charge in [0.15, 0.2) is 22.8 Å². The van der Waals surface area contributed by atoms with E-state index in [1.807, 2.05) is 0 Å². The molecule has 3 rings (SSSR count). The summed E-state index contributed by atoms with van der Waals surface area (Å²) in [5, 5.41) is 36.5. The van der Waals surface area contributed by atoms with Crippen LogP contribution in [-0.2, 0) is 50.7 Å². The number of carbonyl (C=O) groups excluding carboxylic acids is 3. The number of ether oxygens (including phenoxy) is 1. The number of unbranched alkanes of at least 4 members (excludes halogenated alkanes) is 16. The second-order valence-electron chi connectivity index (χ2n) is 18.5. The number of carbonyl (C=O) groups is 3. The number of hydrogen-bond donors (Lipinski definition) is 6. The Morgan fingerprint density at radius 3 is 2.00 bits per heavy atom. The molecule has 0 spiro atoms. The van der Waals surface area contributed by atoms with E-state index in [1.165, 1.54) is 104 Å². The molecule has 72 heavy (non-hydrogen) atoms. The minimum Gasteiger partial charge on any atom is -0.790 e. The second-order valence-corrected chi connectivity index (χ2v) is 23.7. The molecular formula is C43H74N7O18P3S-4. The molecule has 1 saturated heterocycles. The van der Waals surface area contributed by atoms with Gasteiger partial charge in [-0.25, -0.2) is 19.3 Å². The Morgan fingerprint density at radius 2 is 1.42 bits per heavy atom. The van der Waals surface area contributed by atoms with E-state index in [1.54, 1.807) is 0 Å². The summed E-state index contributed by atoms with van der Waals surface area (Å²) in [7, 11) is -17.6. The Balaban J connectivity index is 1.26. The van der Waals surface area contributed by atoms with E-state index in [0.29, 0.717) is 6.42 Å². The van der Waals surface area contributed by atoms with Crippen molar-refractivity contribution in [1.29, 1.82) is 0 Å². The first-order chi connectivity index (χ1) is 33.9. The maximum Gasteiger partial charge on any atom is 0.274 e. The molecule has 1 aliphatic rings. The van der Waals surface area contributed by atoms with E-state index in [0.717, 1.165) is 48.2 Å².